The first-order valence-corrected chi connectivity index (χ1v) is 7.25. The van der Waals surface area contributed by atoms with Crippen molar-refractivity contribution in [3.8, 4) is 0 Å². The predicted molar refractivity (Wildman–Crippen MR) is 79.5 cm³/mol. The van der Waals surface area contributed by atoms with Crippen LogP contribution in [-0.2, 0) is 4.74 Å². The van der Waals surface area contributed by atoms with Gasteiger partial charge in [0.15, 0.2) is 0 Å². The summed E-state index contributed by atoms with van der Waals surface area (Å²) in [6, 6.07) is 6.31. The van der Waals surface area contributed by atoms with Crippen LogP contribution < -0.4 is 5.73 Å². The summed E-state index contributed by atoms with van der Waals surface area (Å²) in [6.45, 7) is 6.51. The standard InChI is InChI=1S/C16H23FN2O2/c1-16(2,3)21-15(20)19-8-7-13(14(18)10-19)11-5-4-6-12(17)9-11/h4-6,9,13-14H,7-8,10,18H2,1-3H3/t13-,14+/m1/s1. The van der Waals surface area contributed by atoms with Gasteiger partial charge in [0.1, 0.15) is 11.4 Å². The molecular formula is C16H23FN2O2. The highest BCUT2D eigenvalue weighted by Gasteiger charge is 2.32. The van der Waals surface area contributed by atoms with Crippen molar-refractivity contribution in [1.82, 2.24) is 4.90 Å². The van der Waals surface area contributed by atoms with Crippen molar-refractivity contribution in [2.45, 2.75) is 44.8 Å². The Morgan fingerprint density at radius 3 is 2.71 bits per heavy atom. The number of likely N-dealkylation sites (tertiary alicyclic amines) is 1. The van der Waals surface area contributed by atoms with Crippen molar-refractivity contribution in [3.63, 3.8) is 0 Å². The van der Waals surface area contributed by atoms with Gasteiger partial charge in [-0.05, 0) is 44.9 Å². The normalized spacial score (nSPS) is 23.0. The lowest BCUT2D eigenvalue weighted by Gasteiger charge is -2.37. The predicted octanol–water partition coefficient (Wildman–Crippen LogP) is 2.88. The molecule has 21 heavy (non-hydrogen) atoms. The zero-order valence-electron chi connectivity index (χ0n) is 12.8. The van der Waals surface area contributed by atoms with Gasteiger partial charge in [0, 0.05) is 25.0 Å². The molecule has 1 aromatic carbocycles. The summed E-state index contributed by atoms with van der Waals surface area (Å²) in [5, 5.41) is 0. The topological polar surface area (TPSA) is 55.6 Å². The molecule has 1 aromatic rings. The van der Waals surface area contributed by atoms with Gasteiger partial charge in [-0.1, -0.05) is 12.1 Å². The van der Waals surface area contributed by atoms with Gasteiger partial charge in [0.05, 0.1) is 0 Å². The molecule has 1 amide bonds. The molecule has 1 fully saturated rings. The monoisotopic (exact) mass is 294 g/mol. The lowest BCUT2D eigenvalue weighted by Crippen LogP contribution is -2.50. The van der Waals surface area contributed by atoms with E-state index in [1.54, 1.807) is 11.0 Å². The van der Waals surface area contributed by atoms with E-state index in [-0.39, 0.29) is 23.9 Å². The lowest BCUT2D eigenvalue weighted by molar-refractivity contribution is 0.0186. The molecule has 1 aliphatic rings. The van der Waals surface area contributed by atoms with Gasteiger partial charge in [0.25, 0.3) is 0 Å². The van der Waals surface area contributed by atoms with Crippen LogP contribution in [0.4, 0.5) is 9.18 Å². The maximum Gasteiger partial charge on any atom is 0.410 e. The highest BCUT2D eigenvalue weighted by atomic mass is 19.1. The second kappa shape index (κ2) is 6.02. The van der Waals surface area contributed by atoms with Crippen molar-refractivity contribution in [2.75, 3.05) is 13.1 Å². The number of halogens is 1. The number of nitrogens with zero attached hydrogens (tertiary/aromatic N) is 1. The number of carbonyl (C=O) groups is 1. The number of hydrogen-bond donors (Lipinski definition) is 1. The van der Waals surface area contributed by atoms with Gasteiger partial charge in [-0.25, -0.2) is 9.18 Å². The summed E-state index contributed by atoms with van der Waals surface area (Å²) in [7, 11) is 0. The second-order valence-electron chi connectivity index (χ2n) is 6.54. The zero-order chi connectivity index (χ0) is 15.6. The molecule has 0 unspecified atom stereocenters. The van der Waals surface area contributed by atoms with Gasteiger partial charge in [0.2, 0.25) is 0 Å². The molecule has 4 nitrogen and oxygen atoms in total. The Labute approximate surface area is 125 Å². The summed E-state index contributed by atoms with van der Waals surface area (Å²) >= 11 is 0. The first-order chi connectivity index (χ1) is 9.76. The number of piperidine rings is 1. The summed E-state index contributed by atoms with van der Waals surface area (Å²) in [5.41, 5.74) is 6.56. The van der Waals surface area contributed by atoms with Crippen LogP contribution in [0.1, 0.15) is 38.7 Å². The van der Waals surface area contributed by atoms with E-state index in [0.29, 0.717) is 19.5 Å². The lowest BCUT2D eigenvalue weighted by atomic mass is 9.86. The molecule has 1 saturated heterocycles. The molecule has 0 aromatic heterocycles. The SMILES string of the molecule is CC(C)(C)OC(=O)N1CC[C@H](c2cccc(F)c2)[C@@H](N)C1. The van der Waals surface area contributed by atoms with Gasteiger partial charge >= 0.3 is 6.09 Å². The number of nitrogens with two attached hydrogens (primary N) is 1. The minimum absolute atomic E-state index is 0.0689. The van der Waals surface area contributed by atoms with E-state index in [0.717, 1.165) is 5.56 Å². The van der Waals surface area contributed by atoms with Crippen LogP contribution in [-0.4, -0.2) is 35.7 Å². The molecule has 0 saturated carbocycles. The number of ether oxygens (including phenoxy) is 1. The van der Waals surface area contributed by atoms with E-state index in [4.69, 9.17) is 10.5 Å². The van der Waals surface area contributed by atoms with E-state index in [1.807, 2.05) is 26.8 Å². The smallest absolute Gasteiger partial charge is 0.410 e. The van der Waals surface area contributed by atoms with E-state index in [1.165, 1.54) is 12.1 Å². The number of hydrogen-bond acceptors (Lipinski definition) is 3. The fraction of sp³-hybridized carbons (Fsp3) is 0.562. The minimum atomic E-state index is -0.513. The quantitative estimate of drug-likeness (QED) is 0.866. The highest BCUT2D eigenvalue weighted by Crippen LogP contribution is 2.28. The fourth-order valence-electron chi connectivity index (χ4n) is 2.63. The fourth-order valence-corrected chi connectivity index (χ4v) is 2.63. The average Bonchev–Trinajstić information content (AvgIpc) is 2.36. The zero-order valence-corrected chi connectivity index (χ0v) is 12.8. The maximum atomic E-state index is 13.3. The average molecular weight is 294 g/mol. The van der Waals surface area contributed by atoms with Crippen molar-refractivity contribution in [3.05, 3.63) is 35.6 Å². The number of carbonyl (C=O) groups excluding carboxylic acids is 1. The first kappa shape index (κ1) is 15.8. The van der Waals surface area contributed by atoms with Gasteiger partial charge in [-0.15, -0.1) is 0 Å². The molecule has 0 bridgehead atoms. The Morgan fingerprint density at radius 1 is 1.43 bits per heavy atom. The molecule has 116 valence electrons. The van der Waals surface area contributed by atoms with Crippen LogP contribution in [0, 0.1) is 5.82 Å². The molecule has 0 aliphatic carbocycles. The van der Waals surface area contributed by atoms with E-state index in [9.17, 15) is 9.18 Å². The van der Waals surface area contributed by atoms with Crippen LogP contribution >= 0.6 is 0 Å². The first-order valence-electron chi connectivity index (χ1n) is 7.25. The van der Waals surface area contributed by atoms with E-state index < -0.39 is 5.60 Å². The third-order valence-corrected chi connectivity index (χ3v) is 3.59. The molecule has 2 atom stereocenters. The molecule has 2 rings (SSSR count). The second-order valence-corrected chi connectivity index (χ2v) is 6.54. The Kier molecular flexibility index (Phi) is 4.52. The highest BCUT2D eigenvalue weighted by molar-refractivity contribution is 5.68. The van der Waals surface area contributed by atoms with Crippen molar-refractivity contribution < 1.29 is 13.9 Å². The van der Waals surface area contributed by atoms with E-state index in [2.05, 4.69) is 0 Å². The Morgan fingerprint density at radius 2 is 2.14 bits per heavy atom. The third-order valence-electron chi connectivity index (χ3n) is 3.59. The van der Waals surface area contributed by atoms with Gasteiger partial charge in [-0.2, -0.15) is 0 Å². The molecule has 2 N–H and O–H groups in total. The Balaban J connectivity index is 2.01. The van der Waals surface area contributed by atoms with Crippen LogP contribution in [0.15, 0.2) is 24.3 Å². The molecule has 0 spiro atoms. The third kappa shape index (κ3) is 4.17. The number of benzene rings is 1. The van der Waals surface area contributed by atoms with Crippen molar-refractivity contribution >= 4 is 6.09 Å². The summed E-state index contributed by atoms with van der Waals surface area (Å²) in [5.74, 6) is -0.186. The maximum absolute atomic E-state index is 13.3. The number of rotatable bonds is 1. The number of amides is 1. The van der Waals surface area contributed by atoms with Crippen LogP contribution in [0.25, 0.3) is 0 Å². The molecule has 1 aliphatic heterocycles. The molecular weight excluding hydrogens is 271 g/mol. The van der Waals surface area contributed by atoms with Crippen molar-refractivity contribution in [2.24, 2.45) is 5.73 Å². The molecule has 5 heteroatoms. The summed E-state index contributed by atoms with van der Waals surface area (Å²) in [4.78, 5) is 13.7. The van der Waals surface area contributed by atoms with Crippen LogP contribution in [0.5, 0.6) is 0 Å². The Hall–Kier alpha value is -1.62. The largest absolute Gasteiger partial charge is 0.444 e. The molecule has 0 radical (unpaired) electrons. The van der Waals surface area contributed by atoms with Crippen molar-refractivity contribution in [1.29, 1.82) is 0 Å². The van der Waals surface area contributed by atoms with Crippen LogP contribution in [0.2, 0.25) is 0 Å². The summed E-state index contributed by atoms with van der Waals surface area (Å²) < 4.78 is 18.7. The van der Waals surface area contributed by atoms with Crippen LogP contribution in [0.3, 0.4) is 0 Å². The van der Waals surface area contributed by atoms with Gasteiger partial charge < -0.3 is 15.4 Å². The molecule has 1 heterocycles. The Bertz CT molecular complexity index is 513. The van der Waals surface area contributed by atoms with Gasteiger partial charge in [-0.3, -0.25) is 0 Å². The summed E-state index contributed by atoms with van der Waals surface area (Å²) in [6.07, 6.45) is 0.375. The minimum Gasteiger partial charge on any atom is -0.444 e. The van der Waals surface area contributed by atoms with E-state index >= 15 is 0 Å².